The molecule has 1 heterocycles. The minimum absolute atomic E-state index is 0.192. The molecule has 0 saturated heterocycles. The van der Waals surface area contributed by atoms with Crippen molar-refractivity contribution >= 4 is 40.9 Å². The fraction of sp³-hybridized carbons (Fsp3) is 0.591. The van der Waals surface area contributed by atoms with Gasteiger partial charge in [0.25, 0.3) is 0 Å². The number of aromatic nitrogens is 3. The first-order valence-corrected chi connectivity index (χ1v) is 12.9. The Balaban J connectivity index is 1.46. The maximum Gasteiger partial charge on any atom is 0.233 e. The van der Waals surface area contributed by atoms with Gasteiger partial charge in [0, 0.05) is 22.7 Å². The molecule has 31 heavy (non-hydrogen) atoms. The summed E-state index contributed by atoms with van der Waals surface area (Å²) in [6.45, 7) is 0. The number of rotatable bonds is 6. The van der Waals surface area contributed by atoms with Crippen LogP contribution >= 0.6 is 35.0 Å². The summed E-state index contributed by atoms with van der Waals surface area (Å²) in [5.41, 5.74) is 0.658. The number of carbonyl (C=O) groups excluding carboxylic acids is 1. The number of hydrogen-bond donors (Lipinski definition) is 1. The third-order valence-corrected chi connectivity index (χ3v) is 7.86. The molecule has 2 saturated carbocycles. The highest BCUT2D eigenvalue weighted by Gasteiger charge is 2.32. The molecule has 9 heteroatoms. The van der Waals surface area contributed by atoms with Crippen molar-refractivity contribution in [2.75, 3.05) is 11.6 Å². The average Bonchev–Trinajstić information content (AvgIpc) is 3.14. The van der Waals surface area contributed by atoms with Gasteiger partial charge in [-0.25, -0.2) is 4.68 Å². The molecule has 0 atom stereocenters. The topological polar surface area (TPSA) is 77.0 Å². The second-order valence-corrected chi connectivity index (χ2v) is 10.3. The van der Waals surface area contributed by atoms with Gasteiger partial charge >= 0.3 is 0 Å². The van der Waals surface area contributed by atoms with Gasteiger partial charge in [-0.2, -0.15) is 0 Å². The van der Waals surface area contributed by atoms with Gasteiger partial charge in [-0.1, -0.05) is 73.5 Å². The summed E-state index contributed by atoms with van der Waals surface area (Å²) in [4.78, 5) is 15.6. The lowest BCUT2D eigenvalue weighted by atomic mass is 9.88. The summed E-state index contributed by atoms with van der Waals surface area (Å²) in [5.74, 6) is 7.21. The lowest BCUT2D eigenvalue weighted by Gasteiger charge is -2.41. The van der Waals surface area contributed by atoms with E-state index in [0.29, 0.717) is 44.4 Å². The number of hydrogen-bond acceptors (Lipinski definition) is 5. The maximum atomic E-state index is 13.4. The van der Waals surface area contributed by atoms with E-state index in [4.69, 9.17) is 29.0 Å². The van der Waals surface area contributed by atoms with Crippen LogP contribution in [0.25, 0.3) is 11.4 Å². The van der Waals surface area contributed by atoms with E-state index < -0.39 is 0 Å². The predicted octanol–water partition coefficient (Wildman–Crippen LogP) is 5.55. The van der Waals surface area contributed by atoms with E-state index in [1.54, 1.807) is 18.2 Å². The largest absolute Gasteiger partial charge is 0.336 e. The Morgan fingerprint density at radius 2 is 1.65 bits per heavy atom. The SMILES string of the molecule is Nn1c(SCC(=O)N(C2CCCCC2)C2CCCCC2)nnc1-c1ccc(Cl)cc1Cl. The highest BCUT2D eigenvalue weighted by atomic mass is 35.5. The number of nitrogen functional groups attached to an aromatic ring is 1. The second kappa shape index (κ2) is 10.5. The van der Waals surface area contributed by atoms with Crippen LogP contribution < -0.4 is 5.84 Å². The standard InChI is InChI=1S/C22H29Cl2N5OS/c23-15-11-12-18(19(24)13-15)21-26-27-22(29(21)25)31-14-20(30)28(16-7-3-1-4-8-16)17-9-5-2-6-10-17/h11-13,16-17H,1-10,14,25H2. The van der Waals surface area contributed by atoms with E-state index in [-0.39, 0.29) is 5.91 Å². The molecular weight excluding hydrogens is 453 g/mol. The Morgan fingerprint density at radius 3 is 2.23 bits per heavy atom. The molecule has 0 spiro atoms. The van der Waals surface area contributed by atoms with E-state index >= 15 is 0 Å². The lowest BCUT2D eigenvalue weighted by Crippen LogP contribution is -2.49. The molecule has 2 aliphatic carbocycles. The van der Waals surface area contributed by atoms with Crippen LogP contribution in [0.1, 0.15) is 64.2 Å². The number of halogens is 2. The van der Waals surface area contributed by atoms with E-state index in [1.807, 2.05) is 0 Å². The molecule has 1 aromatic heterocycles. The number of benzene rings is 1. The van der Waals surface area contributed by atoms with Crippen molar-refractivity contribution in [1.29, 1.82) is 0 Å². The smallest absolute Gasteiger partial charge is 0.233 e. The van der Waals surface area contributed by atoms with Crippen LogP contribution in [-0.2, 0) is 4.79 Å². The first-order chi connectivity index (χ1) is 15.0. The summed E-state index contributed by atoms with van der Waals surface area (Å²) in [6.07, 6.45) is 11.9. The molecule has 0 aliphatic heterocycles. The van der Waals surface area contributed by atoms with Crippen molar-refractivity contribution in [2.45, 2.75) is 81.4 Å². The van der Waals surface area contributed by atoms with E-state index in [0.717, 1.165) is 25.7 Å². The number of carbonyl (C=O) groups is 1. The molecule has 6 nitrogen and oxygen atoms in total. The first-order valence-electron chi connectivity index (χ1n) is 11.1. The Labute approximate surface area is 197 Å². The summed E-state index contributed by atoms with van der Waals surface area (Å²) < 4.78 is 1.40. The fourth-order valence-electron chi connectivity index (χ4n) is 4.85. The molecule has 1 amide bonds. The van der Waals surface area contributed by atoms with Gasteiger partial charge in [0.05, 0.1) is 10.8 Å². The molecule has 168 valence electrons. The Morgan fingerprint density at radius 1 is 1.03 bits per heavy atom. The lowest BCUT2D eigenvalue weighted by molar-refractivity contribution is -0.135. The highest BCUT2D eigenvalue weighted by molar-refractivity contribution is 7.99. The van der Waals surface area contributed by atoms with Crippen LogP contribution in [-0.4, -0.2) is 43.5 Å². The molecule has 2 N–H and O–H groups in total. The van der Waals surface area contributed by atoms with Gasteiger partial charge in [-0.15, -0.1) is 10.2 Å². The van der Waals surface area contributed by atoms with Crippen molar-refractivity contribution in [2.24, 2.45) is 0 Å². The Kier molecular flexibility index (Phi) is 7.67. The Bertz CT molecular complexity index is 891. The molecule has 2 aromatic rings. The quantitative estimate of drug-likeness (QED) is 0.431. The molecule has 4 rings (SSSR count). The highest BCUT2D eigenvalue weighted by Crippen LogP contribution is 2.33. The summed E-state index contributed by atoms with van der Waals surface area (Å²) in [6, 6.07) is 5.91. The molecule has 2 aliphatic rings. The van der Waals surface area contributed by atoms with E-state index in [9.17, 15) is 4.79 Å². The molecule has 1 aromatic carbocycles. The van der Waals surface area contributed by atoms with Gasteiger partial charge in [0.1, 0.15) is 0 Å². The van der Waals surface area contributed by atoms with Gasteiger partial charge in [0.15, 0.2) is 5.82 Å². The molecule has 0 bridgehead atoms. The van der Waals surface area contributed by atoms with Gasteiger partial charge in [0.2, 0.25) is 11.1 Å². The molecular formula is C22H29Cl2N5OS. The van der Waals surface area contributed by atoms with Gasteiger partial charge < -0.3 is 10.7 Å². The third-order valence-electron chi connectivity index (χ3n) is 6.39. The van der Waals surface area contributed by atoms with Crippen LogP contribution in [0, 0.1) is 0 Å². The maximum absolute atomic E-state index is 13.4. The monoisotopic (exact) mass is 481 g/mol. The number of thioether (sulfide) groups is 1. The predicted molar refractivity (Wildman–Crippen MR) is 127 cm³/mol. The third kappa shape index (κ3) is 5.32. The van der Waals surface area contributed by atoms with Gasteiger partial charge in [-0.3, -0.25) is 4.79 Å². The van der Waals surface area contributed by atoms with Crippen LogP contribution in [0.15, 0.2) is 23.4 Å². The van der Waals surface area contributed by atoms with Crippen molar-refractivity contribution < 1.29 is 4.79 Å². The Hall–Kier alpha value is -1.44. The van der Waals surface area contributed by atoms with Crippen LogP contribution in [0.4, 0.5) is 0 Å². The summed E-state index contributed by atoms with van der Waals surface area (Å²) in [5, 5.41) is 9.90. The summed E-state index contributed by atoms with van der Waals surface area (Å²) in [7, 11) is 0. The van der Waals surface area contributed by atoms with E-state index in [1.165, 1.54) is 55.0 Å². The zero-order valence-corrected chi connectivity index (χ0v) is 19.9. The van der Waals surface area contributed by atoms with Crippen molar-refractivity contribution in [1.82, 2.24) is 19.8 Å². The van der Waals surface area contributed by atoms with Crippen LogP contribution in [0.2, 0.25) is 10.0 Å². The minimum Gasteiger partial charge on any atom is -0.336 e. The molecule has 0 unspecified atom stereocenters. The zero-order valence-electron chi connectivity index (χ0n) is 17.6. The van der Waals surface area contributed by atoms with Crippen LogP contribution in [0.3, 0.4) is 0 Å². The normalized spacial score (nSPS) is 18.3. The zero-order chi connectivity index (χ0) is 21.8. The van der Waals surface area contributed by atoms with Gasteiger partial charge in [-0.05, 0) is 43.9 Å². The molecule has 0 radical (unpaired) electrons. The first kappa shape index (κ1) is 22.7. The van der Waals surface area contributed by atoms with Crippen molar-refractivity contribution in [3.05, 3.63) is 28.2 Å². The number of amides is 1. The molecule has 2 fully saturated rings. The second-order valence-electron chi connectivity index (χ2n) is 8.47. The fourth-order valence-corrected chi connectivity index (χ4v) is 6.07. The van der Waals surface area contributed by atoms with E-state index in [2.05, 4.69) is 15.1 Å². The minimum atomic E-state index is 0.192. The van der Waals surface area contributed by atoms with Crippen molar-refractivity contribution in [3.63, 3.8) is 0 Å². The van der Waals surface area contributed by atoms with Crippen molar-refractivity contribution in [3.8, 4) is 11.4 Å². The van der Waals surface area contributed by atoms with Crippen LogP contribution in [0.5, 0.6) is 0 Å². The number of nitrogens with zero attached hydrogens (tertiary/aromatic N) is 4. The average molecular weight is 482 g/mol. The number of nitrogens with two attached hydrogens (primary N) is 1. The summed E-state index contributed by atoms with van der Waals surface area (Å²) >= 11 is 13.6.